The minimum Gasteiger partial charge on any atom is -0.382 e. The Kier molecular flexibility index (Phi) is 3.92. The molecule has 112 valence electrons. The number of nitrogens with zero attached hydrogens (tertiary/aromatic N) is 3. The molecule has 22 heavy (non-hydrogen) atoms. The van der Waals surface area contributed by atoms with Crippen LogP contribution in [0.15, 0.2) is 40.3 Å². The van der Waals surface area contributed by atoms with Crippen LogP contribution in [0.3, 0.4) is 0 Å². The Bertz CT molecular complexity index is 872. The largest absolute Gasteiger partial charge is 0.382 e. The van der Waals surface area contributed by atoms with Crippen molar-refractivity contribution in [3.05, 3.63) is 46.4 Å². The van der Waals surface area contributed by atoms with Crippen LogP contribution in [0.5, 0.6) is 0 Å². The second kappa shape index (κ2) is 6.02. The van der Waals surface area contributed by atoms with E-state index in [0.29, 0.717) is 22.9 Å². The lowest BCUT2D eigenvalue weighted by molar-refractivity contribution is -0.105. The van der Waals surface area contributed by atoms with E-state index in [1.165, 1.54) is 16.3 Å². The molecule has 0 fully saturated rings. The van der Waals surface area contributed by atoms with Crippen LogP contribution in [0, 0.1) is 0 Å². The number of anilines is 1. The lowest BCUT2D eigenvalue weighted by Crippen LogP contribution is -2.17. The van der Waals surface area contributed by atoms with E-state index in [4.69, 9.17) is 5.73 Å². The van der Waals surface area contributed by atoms with Crippen molar-refractivity contribution in [2.45, 2.75) is 11.7 Å². The lowest BCUT2D eigenvalue weighted by atomic mass is 10.2. The molecule has 0 spiro atoms. The highest BCUT2D eigenvalue weighted by atomic mass is 32.2. The predicted molar refractivity (Wildman–Crippen MR) is 84.9 cm³/mol. The van der Waals surface area contributed by atoms with E-state index in [9.17, 15) is 9.59 Å². The molecule has 0 bridgehead atoms. The number of nitrogens with two attached hydrogens (primary N) is 1. The number of carbonyl (C=O) groups is 1. The summed E-state index contributed by atoms with van der Waals surface area (Å²) in [7, 11) is 0. The highest BCUT2D eigenvalue weighted by Crippen LogP contribution is 2.20. The van der Waals surface area contributed by atoms with Crippen LogP contribution < -0.4 is 11.4 Å². The van der Waals surface area contributed by atoms with Crippen LogP contribution in [0.1, 0.15) is 5.56 Å². The van der Waals surface area contributed by atoms with Crippen LogP contribution in [-0.2, 0) is 11.3 Å². The molecule has 3 N–H and O–H groups in total. The van der Waals surface area contributed by atoms with E-state index in [1.807, 2.05) is 30.3 Å². The number of nitrogens with one attached hydrogen (secondary N) is 1. The SMILES string of the molecule is Nc1nc(SCC=O)nc2c1[nH]c(=O)n2Cc1ccccc1. The number of rotatable bonds is 5. The van der Waals surface area contributed by atoms with Crippen molar-refractivity contribution in [2.75, 3.05) is 11.5 Å². The zero-order chi connectivity index (χ0) is 15.5. The molecule has 0 saturated carbocycles. The average molecular weight is 315 g/mol. The Morgan fingerprint density at radius 1 is 1.27 bits per heavy atom. The van der Waals surface area contributed by atoms with Gasteiger partial charge in [-0.05, 0) is 5.56 Å². The third kappa shape index (κ3) is 2.73. The Labute approximate surface area is 129 Å². The number of carbonyl (C=O) groups excluding carboxylic acids is 1. The van der Waals surface area contributed by atoms with Crippen molar-refractivity contribution in [1.29, 1.82) is 0 Å². The molecule has 0 radical (unpaired) electrons. The fourth-order valence-corrected chi connectivity index (χ4v) is 2.65. The number of aromatic nitrogens is 4. The molecule has 0 amide bonds. The number of benzene rings is 1. The molecule has 0 aliphatic rings. The molecule has 0 atom stereocenters. The van der Waals surface area contributed by atoms with Crippen LogP contribution in [-0.4, -0.2) is 31.6 Å². The topological polar surface area (TPSA) is 107 Å². The van der Waals surface area contributed by atoms with E-state index in [0.717, 1.165) is 11.8 Å². The van der Waals surface area contributed by atoms with Gasteiger partial charge in [-0.2, -0.15) is 0 Å². The van der Waals surface area contributed by atoms with Gasteiger partial charge in [0.1, 0.15) is 11.8 Å². The third-order valence-electron chi connectivity index (χ3n) is 3.09. The van der Waals surface area contributed by atoms with Gasteiger partial charge in [0.05, 0.1) is 12.3 Å². The fourth-order valence-electron chi connectivity index (χ4n) is 2.12. The summed E-state index contributed by atoms with van der Waals surface area (Å²) >= 11 is 1.17. The number of nitrogen functional groups attached to an aromatic ring is 1. The number of fused-ring (bicyclic) bond motifs is 1. The van der Waals surface area contributed by atoms with Gasteiger partial charge < -0.3 is 15.5 Å². The smallest absolute Gasteiger partial charge is 0.328 e. The Morgan fingerprint density at radius 2 is 2.05 bits per heavy atom. The van der Waals surface area contributed by atoms with Gasteiger partial charge >= 0.3 is 5.69 Å². The summed E-state index contributed by atoms with van der Waals surface area (Å²) in [4.78, 5) is 33.7. The predicted octanol–water partition coefficient (Wildman–Crippen LogP) is 1.04. The normalized spacial score (nSPS) is 10.9. The molecule has 1 aromatic carbocycles. The minimum atomic E-state index is -0.294. The fraction of sp³-hybridized carbons (Fsp3) is 0.143. The summed E-state index contributed by atoms with van der Waals surface area (Å²) in [6.45, 7) is 0.383. The average Bonchev–Trinajstić information content (AvgIpc) is 2.83. The zero-order valence-electron chi connectivity index (χ0n) is 11.5. The minimum absolute atomic E-state index is 0.197. The maximum absolute atomic E-state index is 12.1. The van der Waals surface area contributed by atoms with E-state index >= 15 is 0 Å². The number of hydrogen-bond donors (Lipinski definition) is 2. The zero-order valence-corrected chi connectivity index (χ0v) is 12.3. The molecule has 2 heterocycles. The maximum atomic E-state index is 12.1. The van der Waals surface area contributed by atoms with Gasteiger partial charge in [-0.1, -0.05) is 42.1 Å². The van der Waals surface area contributed by atoms with Crippen LogP contribution in [0.25, 0.3) is 11.2 Å². The molecule has 0 saturated heterocycles. The summed E-state index contributed by atoms with van der Waals surface area (Å²) in [6.07, 6.45) is 0.766. The number of aromatic amines is 1. The van der Waals surface area contributed by atoms with Crippen molar-refractivity contribution in [2.24, 2.45) is 0 Å². The first-order valence-electron chi connectivity index (χ1n) is 6.55. The molecule has 8 heteroatoms. The Hall–Kier alpha value is -2.61. The molecule has 2 aromatic heterocycles. The Morgan fingerprint density at radius 3 is 2.77 bits per heavy atom. The van der Waals surface area contributed by atoms with Crippen LogP contribution >= 0.6 is 11.8 Å². The lowest BCUT2D eigenvalue weighted by Gasteiger charge is -2.04. The van der Waals surface area contributed by atoms with Crippen LogP contribution in [0.4, 0.5) is 5.82 Å². The first kappa shape index (κ1) is 14.3. The molecular formula is C14H13N5O2S. The monoisotopic (exact) mass is 315 g/mol. The molecule has 0 aliphatic carbocycles. The van der Waals surface area contributed by atoms with E-state index in [1.54, 1.807) is 0 Å². The number of imidazole rings is 1. The van der Waals surface area contributed by atoms with Gasteiger partial charge in [0.15, 0.2) is 16.6 Å². The van der Waals surface area contributed by atoms with Crippen molar-refractivity contribution in [3.8, 4) is 0 Å². The third-order valence-corrected chi connectivity index (χ3v) is 3.84. The molecule has 3 rings (SSSR count). The second-order valence-corrected chi connectivity index (χ2v) is 5.56. The van der Waals surface area contributed by atoms with Crippen molar-refractivity contribution < 1.29 is 4.79 Å². The first-order valence-corrected chi connectivity index (χ1v) is 7.54. The van der Waals surface area contributed by atoms with Gasteiger partial charge in [-0.3, -0.25) is 4.57 Å². The standard InChI is InChI=1S/C14H13N5O2S/c15-11-10-12(18-13(17-11)22-7-6-20)19(14(21)16-10)8-9-4-2-1-3-5-9/h1-6H,7-8H2,(H,16,21)(H2,15,17,18). The van der Waals surface area contributed by atoms with E-state index in [-0.39, 0.29) is 17.3 Å². The maximum Gasteiger partial charge on any atom is 0.328 e. The summed E-state index contributed by atoms with van der Waals surface area (Å²) in [5.41, 5.74) is 7.40. The second-order valence-electron chi connectivity index (χ2n) is 4.57. The number of hydrogen-bond acceptors (Lipinski definition) is 6. The van der Waals surface area contributed by atoms with Gasteiger partial charge in [0, 0.05) is 0 Å². The summed E-state index contributed by atoms with van der Waals surface area (Å²) in [5.74, 6) is 0.431. The van der Waals surface area contributed by atoms with Gasteiger partial charge in [-0.25, -0.2) is 14.8 Å². The Balaban J connectivity index is 2.08. The van der Waals surface area contributed by atoms with E-state index in [2.05, 4.69) is 15.0 Å². The quantitative estimate of drug-likeness (QED) is 0.414. The molecule has 0 aliphatic heterocycles. The highest BCUT2D eigenvalue weighted by molar-refractivity contribution is 7.99. The van der Waals surface area contributed by atoms with Crippen molar-refractivity contribution in [1.82, 2.24) is 19.5 Å². The molecular weight excluding hydrogens is 302 g/mol. The summed E-state index contributed by atoms with van der Waals surface area (Å²) < 4.78 is 1.51. The molecule has 0 unspecified atom stereocenters. The summed E-state index contributed by atoms with van der Waals surface area (Å²) in [5, 5.41) is 0.373. The summed E-state index contributed by atoms with van der Waals surface area (Å²) in [6, 6.07) is 9.58. The first-order chi connectivity index (χ1) is 10.7. The van der Waals surface area contributed by atoms with Crippen molar-refractivity contribution in [3.63, 3.8) is 0 Å². The number of thioether (sulfide) groups is 1. The van der Waals surface area contributed by atoms with Gasteiger partial charge in [0.25, 0.3) is 0 Å². The van der Waals surface area contributed by atoms with E-state index < -0.39 is 0 Å². The highest BCUT2D eigenvalue weighted by Gasteiger charge is 2.14. The van der Waals surface area contributed by atoms with Gasteiger partial charge in [-0.15, -0.1) is 0 Å². The molecule has 3 aromatic rings. The van der Waals surface area contributed by atoms with Gasteiger partial charge in [0.2, 0.25) is 0 Å². The van der Waals surface area contributed by atoms with Crippen molar-refractivity contribution >= 4 is 35.0 Å². The number of H-pyrrole nitrogens is 1. The van der Waals surface area contributed by atoms with Crippen LogP contribution in [0.2, 0.25) is 0 Å². The molecule has 7 nitrogen and oxygen atoms in total. The number of aldehydes is 1.